The van der Waals surface area contributed by atoms with Crippen LogP contribution in [0, 0.1) is 0 Å². The molecule has 0 spiro atoms. The van der Waals surface area contributed by atoms with Crippen molar-refractivity contribution in [3.63, 3.8) is 0 Å². The maximum absolute atomic E-state index is 10.2. The zero-order valence-corrected chi connectivity index (χ0v) is 18.5. The van der Waals surface area contributed by atoms with E-state index in [9.17, 15) is 5.11 Å². The van der Waals surface area contributed by atoms with Crippen molar-refractivity contribution in [2.24, 2.45) is 0 Å². The van der Waals surface area contributed by atoms with Gasteiger partial charge in [-0.2, -0.15) is 0 Å². The van der Waals surface area contributed by atoms with Crippen molar-refractivity contribution < 1.29 is 47.7 Å². The number of aliphatic hydroxyl groups excluding tert-OH is 1. The fraction of sp³-hybridized carbons (Fsp3) is 1.00. The second-order valence-electron chi connectivity index (χ2n) is 9.23. The van der Waals surface area contributed by atoms with Crippen LogP contribution in [-0.2, 0) is 42.6 Å². The number of hydrogen-bond donors (Lipinski definition) is 1. The van der Waals surface area contributed by atoms with Crippen LogP contribution in [0.25, 0.3) is 0 Å². The maximum Gasteiger partial charge on any atom is 0.115 e. The maximum atomic E-state index is 10.2. The second-order valence-corrected chi connectivity index (χ2v) is 9.23. The van der Waals surface area contributed by atoms with E-state index in [-0.39, 0.29) is 37.1 Å². The van der Waals surface area contributed by atoms with E-state index in [0.717, 1.165) is 32.5 Å². The third-order valence-electron chi connectivity index (χ3n) is 6.20. The van der Waals surface area contributed by atoms with Crippen LogP contribution in [0.15, 0.2) is 0 Å². The van der Waals surface area contributed by atoms with Gasteiger partial charge in [0.15, 0.2) is 0 Å². The van der Waals surface area contributed by atoms with Crippen LogP contribution in [0.5, 0.6) is 0 Å². The predicted octanol–water partition coefficient (Wildman–Crippen LogP) is -0.316. The Hall–Kier alpha value is -0.400. The summed E-state index contributed by atoms with van der Waals surface area (Å²) in [6.45, 7) is 5.30. The molecule has 0 radical (unpaired) electrons. The van der Waals surface area contributed by atoms with E-state index in [1.165, 1.54) is 0 Å². The minimum absolute atomic E-state index is 0.0854. The molecule has 0 saturated carbocycles. The lowest BCUT2D eigenvalue weighted by Crippen LogP contribution is -2.52. The van der Waals surface area contributed by atoms with Gasteiger partial charge in [-0.05, 0) is 19.3 Å². The standard InChI is InChI=1S/C22H36O10/c23-4-20(30-11-16-7-26-16)22(32-13-18-9-28-18)21(31-12-17-8-27-17)19(29-10-15-6-25-15)3-1-2-14-5-24-14/h14-23H,1-13H2. The quantitative estimate of drug-likeness (QED) is 0.242. The summed E-state index contributed by atoms with van der Waals surface area (Å²) in [5.41, 5.74) is 0. The van der Waals surface area contributed by atoms with Crippen LogP contribution < -0.4 is 0 Å². The summed E-state index contributed by atoms with van der Waals surface area (Å²) in [7, 11) is 0. The van der Waals surface area contributed by atoms with Gasteiger partial charge in [0.05, 0.1) is 78.3 Å². The van der Waals surface area contributed by atoms with Crippen molar-refractivity contribution in [1.82, 2.24) is 0 Å². The molecule has 1 N–H and O–H groups in total. The monoisotopic (exact) mass is 460 g/mol. The highest BCUT2D eigenvalue weighted by atomic mass is 16.6. The zero-order valence-electron chi connectivity index (χ0n) is 18.5. The Morgan fingerprint density at radius 3 is 1.44 bits per heavy atom. The Morgan fingerprint density at radius 2 is 1.00 bits per heavy atom. The minimum atomic E-state index is -0.557. The van der Waals surface area contributed by atoms with E-state index in [0.29, 0.717) is 52.4 Å². The minimum Gasteiger partial charge on any atom is -0.394 e. The number of epoxide rings is 5. The molecule has 184 valence electrons. The lowest BCUT2D eigenvalue weighted by atomic mass is 9.97. The first-order valence-electron chi connectivity index (χ1n) is 11.9. The van der Waals surface area contributed by atoms with Crippen LogP contribution in [0.2, 0.25) is 0 Å². The average molecular weight is 461 g/mol. The van der Waals surface area contributed by atoms with Crippen molar-refractivity contribution in [1.29, 1.82) is 0 Å². The average Bonchev–Trinajstić information content (AvgIpc) is 3.63. The first-order valence-corrected chi connectivity index (χ1v) is 11.9. The molecule has 0 aromatic carbocycles. The predicted molar refractivity (Wildman–Crippen MR) is 109 cm³/mol. The molecule has 0 aromatic rings. The molecule has 9 atom stereocenters. The topological polar surface area (TPSA) is 120 Å². The molecule has 5 saturated heterocycles. The smallest absolute Gasteiger partial charge is 0.115 e. The van der Waals surface area contributed by atoms with Crippen LogP contribution in [0.4, 0.5) is 0 Å². The highest BCUT2D eigenvalue weighted by Crippen LogP contribution is 2.27. The number of hydrogen-bond acceptors (Lipinski definition) is 10. The van der Waals surface area contributed by atoms with E-state index < -0.39 is 18.3 Å². The Kier molecular flexibility index (Phi) is 8.28. The number of rotatable bonds is 20. The lowest BCUT2D eigenvalue weighted by Gasteiger charge is -2.37. The number of aliphatic hydroxyl groups is 1. The van der Waals surface area contributed by atoms with E-state index in [2.05, 4.69) is 0 Å². The van der Waals surface area contributed by atoms with Crippen molar-refractivity contribution in [3.8, 4) is 0 Å². The molecule has 9 unspecified atom stereocenters. The summed E-state index contributed by atoms with van der Waals surface area (Å²) in [5, 5.41) is 10.2. The Morgan fingerprint density at radius 1 is 0.594 bits per heavy atom. The van der Waals surface area contributed by atoms with Crippen molar-refractivity contribution in [2.75, 3.05) is 66.1 Å². The van der Waals surface area contributed by atoms with Gasteiger partial charge in [-0.15, -0.1) is 0 Å². The molecular weight excluding hydrogens is 424 g/mol. The molecule has 5 heterocycles. The van der Waals surface area contributed by atoms with Gasteiger partial charge in [-0.25, -0.2) is 0 Å². The van der Waals surface area contributed by atoms with Crippen LogP contribution in [0.1, 0.15) is 19.3 Å². The first-order chi connectivity index (χ1) is 15.8. The molecule has 5 fully saturated rings. The summed E-state index contributed by atoms with van der Waals surface area (Å²) in [5.74, 6) is 0. The van der Waals surface area contributed by atoms with Crippen molar-refractivity contribution in [2.45, 2.75) is 74.2 Å². The molecule has 10 heteroatoms. The Balaban J connectivity index is 1.27. The first kappa shape index (κ1) is 23.3. The van der Waals surface area contributed by atoms with Gasteiger partial charge >= 0.3 is 0 Å². The molecule has 0 aliphatic carbocycles. The zero-order chi connectivity index (χ0) is 21.8. The largest absolute Gasteiger partial charge is 0.394 e. The van der Waals surface area contributed by atoms with Crippen LogP contribution in [0.3, 0.4) is 0 Å². The van der Waals surface area contributed by atoms with Crippen molar-refractivity contribution >= 4 is 0 Å². The normalized spacial score (nSPS) is 35.7. The summed E-state index contributed by atoms with van der Waals surface area (Å²) in [6.07, 6.45) is 1.83. The molecule has 10 nitrogen and oxygen atoms in total. The second kappa shape index (κ2) is 11.4. The van der Waals surface area contributed by atoms with Gasteiger partial charge in [0.1, 0.15) is 42.7 Å². The van der Waals surface area contributed by atoms with E-state index in [1.54, 1.807) is 0 Å². The Labute approximate surface area is 188 Å². The summed E-state index contributed by atoms with van der Waals surface area (Å²) >= 11 is 0. The van der Waals surface area contributed by atoms with Crippen LogP contribution in [-0.4, -0.2) is 126 Å². The molecule has 0 aromatic heterocycles. The highest BCUT2D eigenvalue weighted by Gasteiger charge is 2.42. The Bertz CT molecular complexity index is 559. The van der Waals surface area contributed by atoms with Gasteiger partial charge in [0.2, 0.25) is 0 Å². The molecular formula is C22H36O10. The lowest BCUT2D eigenvalue weighted by molar-refractivity contribution is -0.189. The van der Waals surface area contributed by atoms with Crippen molar-refractivity contribution in [3.05, 3.63) is 0 Å². The molecule has 5 aliphatic heterocycles. The molecule has 5 aliphatic rings. The third-order valence-corrected chi connectivity index (χ3v) is 6.20. The molecule has 0 bridgehead atoms. The fourth-order valence-corrected chi connectivity index (χ4v) is 3.76. The summed E-state index contributed by atoms with van der Waals surface area (Å²) in [6, 6.07) is 0. The number of ether oxygens (including phenoxy) is 9. The highest BCUT2D eigenvalue weighted by molar-refractivity contribution is 4.89. The molecule has 32 heavy (non-hydrogen) atoms. The third kappa shape index (κ3) is 8.12. The molecule has 0 amide bonds. The summed E-state index contributed by atoms with van der Waals surface area (Å²) < 4.78 is 51.7. The van der Waals surface area contributed by atoms with E-state index in [1.807, 2.05) is 0 Å². The SMILES string of the molecule is OCC(OCC1CO1)C(OCC1CO1)C(OCC1CO1)C(CCCC1CO1)OCC1CO1. The van der Waals surface area contributed by atoms with Gasteiger partial charge in [-0.3, -0.25) is 0 Å². The van der Waals surface area contributed by atoms with E-state index in [4.69, 9.17) is 42.6 Å². The van der Waals surface area contributed by atoms with Gasteiger partial charge < -0.3 is 47.7 Å². The molecule has 5 rings (SSSR count). The van der Waals surface area contributed by atoms with Gasteiger partial charge in [-0.1, -0.05) is 0 Å². The van der Waals surface area contributed by atoms with Crippen LogP contribution >= 0.6 is 0 Å². The van der Waals surface area contributed by atoms with Gasteiger partial charge in [0.25, 0.3) is 0 Å². The fourth-order valence-electron chi connectivity index (χ4n) is 3.76. The van der Waals surface area contributed by atoms with E-state index >= 15 is 0 Å². The summed E-state index contributed by atoms with van der Waals surface area (Å²) in [4.78, 5) is 0. The van der Waals surface area contributed by atoms with Gasteiger partial charge in [0, 0.05) is 0 Å².